The molecule has 0 fully saturated rings. The highest BCUT2D eigenvalue weighted by molar-refractivity contribution is 6.02. The first-order chi connectivity index (χ1) is 9.27. The number of hydrogen-bond acceptors (Lipinski definition) is 6. The van der Waals surface area contributed by atoms with Crippen LogP contribution in [0.1, 0.15) is 20.8 Å². The summed E-state index contributed by atoms with van der Waals surface area (Å²) in [7, 11) is 0. The van der Waals surface area contributed by atoms with E-state index in [4.69, 9.17) is 20.9 Å². The highest BCUT2D eigenvalue weighted by atomic mass is 16.5. The second kappa shape index (κ2) is 8.13. The van der Waals surface area contributed by atoms with E-state index < -0.39 is 41.5 Å². The molecule has 0 aromatic heterocycles. The third-order valence-electron chi connectivity index (χ3n) is 2.75. The molecule has 8 heteroatoms. The largest absolute Gasteiger partial charge is 0.465 e. The summed E-state index contributed by atoms with van der Waals surface area (Å²) in [5.41, 5.74) is 10.3. The Bertz CT molecular complexity index is 359. The molecule has 0 aromatic carbocycles. The summed E-state index contributed by atoms with van der Waals surface area (Å²) in [6, 6.07) is 0. The normalized spacial score (nSPS) is 14.8. The molecule has 0 aliphatic heterocycles. The average molecular weight is 288 g/mol. The quantitative estimate of drug-likeness (QED) is 0.431. The fraction of sp³-hybridized carbons (Fsp3) is 0.667. The molecule has 0 aliphatic carbocycles. The molecule has 0 bridgehead atoms. The van der Waals surface area contributed by atoms with E-state index in [9.17, 15) is 19.2 Å². The van der Waals surface area contributed by atoms with Crippen LogP contribution >= 0.6 is 0 Å². The summed E-state index contributed by atoms with van der Waals surface area (Å²) in [4.78, 5) is 46.2. The Hall–Kier alpha value is -2.12. The van der Waals surface area contributed by atoms with Crippen molar-refractivity contribution in [1.29, 1.82) is 0 Å². The van der Waals surface area contributed by atoms with Crippen LogP contribution in [0.25, 0.3) is 0 Å². The lowest BCUT2D eigenvalue weighted by atomic mass is 9.82. The van der Waals surface area contributed by atoms with Gasteiger partial charge in [0.1, 0.15) is 11.8 Å². The van der Waals surface area contributed by atoms with E-state index in [1.54, 1.807) is 13.8 Å². The third kappa shape index (κ3) is 4.52. The Morgan fingerprint density at radius 1 is 0.850 bits per heavy atom. The molecule has 0 saturated carbocycles. The number of rotatable bonds is 8. The zero-order valence-corrected chi connectivity index (χ0v) is 11.8. The van der Waals surface area contributed by atoms with Crippen molar-refractivity contribution in [2.45, 2.75) is 20.8 Å². The van der Waals surface area contributed by atoms with E-state index in [0.717, 1.165) is 0 Å². The van der Waals surface area contributed by atoms with Gasteiger partial charge in [0.25, 0.3) is 0 Å². The van der Waals surface area contributed by atoms with Gasteiger partial charge < -0.3 is 20.9 Å². The molecular weight excluding hydrogens is 268 g/mol. The fourth-order valence-corrected chi connectivity index (χ4v) is 1.84. The second-order valence-corrected chi connectivity index (χ2v) is 4.12. The minimum Gasteiger partial charge on any atom is -0.465 e. The van der Waals surface area contributed by atoms with Crippen LogP contribution in [-0.2, 0) is 28.7 Å². The van der Waals surface area contributed by atoms with Gasteiger partial charge in [-0.2, -0.15) is 0 Å². The Balaban J connectivity index is 5.32. The highest BCUT2D eigenvalue weighted by Gasteiger charge is 2.43. The number of ether oxygens (including phenoxy) is 2. The van der Waals surface area contributed by atoms with Crippen LogP contribution in [0.5, 0.6) is 0 Å². The Morgan fingerprint density at radius 3 is 1.35 bits per heavy atom. The molecule has 0 rings (SSSR count). The first-order valence-electron chi connectivity index (χ1n) is 6.19. The van der Waals surface area contributed by atoms with E-state index in [1.807, 2.05) is 0 Å². The van der Waals surface area contributed by atoms with Crippen molar-refractivity contribution in [2.24, 2.45) is 29.2 Å². The van der Waals surface area contributed by atoms with Crippen LogP contribution < -0.4 is 11.5 Å². The van der Waals surface area contributed by atoms with Crippen LogP contribution in [0.3, 0.4) is 0 Å². The first kappa shape index (κ1) is 17.9. The number of esters is 2. The van der Waals surface area contributed by atoms with Gasteiger partial charge in [0.2, 0.25) is 11.8 Å². The number of carbonyl (C=O) groups is 4. The summed E-state index contributed by atoms with van der Waals surface area (Å²) in [5.74, 6) is -7.74. The molecule has 8 nitrogen and oxygen atoms in total. The first-order valence-corrected chi connectivity index (χ1v) is 6.19. The van der Waals surface area contributed by atoms with Crippen molar-refractivity contribution in [3.63, 3.8) is 0 Å². The van der Waals surface area contributed by atoms with E-state index >= 15 is 0 Å². The summed E-state index contributed by atoms with van der Waals surface area (Å²) in [6.07, 6.45) is 0. The summed E-state index contributed by atoms with van der Waals surface area (Å²) in [5, 5.41) is 0. The van der Waals surface area contributed by atoms with E-state index in [-0.39, 0.29) is 13.2 Å². The topological polar surface area (TPSA) is 139 Å². The van der Waals surface area contributed by atoms with E-state index in [1.165, 1.54) is 6.92 Å². The lowest BCUT2D eigenvalue weighted by Gasteiger charge is -2.24. The van der Waals surface area contributed by atoms with Gasteiger partial charge in [0.05, 0.1) is 13.2 Å². The minimum absolute atomic E-state index is 0.0377. The molecular formula is C12H20N2O6. The maximum absolute atomic E-state index is 11.7. The lowest BCUT2D eigenvalue weighted by molar-refractivity contribution is -0.159. The van der Waals surface area contributed by atoms with Crippen molar-refractivity contribution >= 4 is 23.8 Å². The number of hydrogen-bond donors (Lipinski definition) is 2. The standard InChI is InChI=1S/C12H20N2O6/c1-4-19-11(17)7(9(13)15)6(3)8(10(14)16)12(18)20-5-2/h6-8H,4-5H2,1-3H3,(H2,13,15)(H2,14,16). The molecule has 0 saturated heterocycles. The van der Waals surface area contributed by atoms with Gasteiger partial charge in [0, 0.05) is 5.92 Å². The van der Waals surface area contributed by atoms with Gasteiger partial charge in [-0.15, -0.1) is 0 Å². The second-order valence-electron chi connectivity index (χ2n) is 4.12. The van der Waals surface area contributed by atoms with Crippen molar-refractivity contribution in [3.05, 3.63) is 0 Å². The zero-order chi connectivity index (χ0) is 15.9. The number of amides is 2. The van der Waals surface area contributed by atoms with Gasteiger partial charge in [-0.3, -0.25) is 19.2 Å². The van der Waals surface area contributed by atoms with Gasteiger partial charge >= 0.3 is 11.9 Å². The lowest BCUT2D eigenvalue weighted by Crippen LogP contribution is -2.46. The molecule has 0 aromatic rings. The van der Waals surface area contributed by atoms with Crippen LogP contribution in [-0.4, -0.2) is 37.0 Å². The van der Waals surface area contributed by atoms with Crippen LogP contribution in [0.2, 0.25) is 0 Å². The number of nitrogens with two attached hydrogens (primary N) is 2. The molecule has 20 heavy (non-hydrogen) atoms. The molecule has 2 amide bonds. The van der Waals surface area contributed by atoms with Crippen LogP contribution in [0.4, 0.5) is 0 Å². The van der Waals surface area contributed by atoms with Crippen LogP contribution in [0.15, 0.2) is 0 Å². The van der Waals surface area contributed by atoms with E-state index in [2.05, 4.69) is 0 Å². The molecule has 4 N–H and O–H groups in total. The molecule has 0 aliphatic rings. The molecule has 2 atom stereocenters. The van der Waals surface area contributed by atoms with Crippen molar-refractivity contribution in [2.75, 3.05) is 13.2 Å². The maximum atomic E-state index is 11.7. The fourth-order valence-electron chi connectivity index (χ4n) is 1.84. The van der Waals surface area contributed by atoms with Crippen molar-refractivity contribution < 1.29 is 28.7 Å². The van der Waals surface area contributed by atoms with Crippen molar-refractivity contribution in [1.82, 2.24) is 0 Å². The van der Waals surface area contributed by atoms with Crippen LogP contribution in [0, 0.1) is 17.8 Å². The number of primary amides is 2. The Labute approximate surface area is 116 Å². The summed E-state index contributed by atoms with van der Waals surface area (Å²) >= 11 is 0. The zero-order valence-electron chi connectivity index (χ0n) is 11.8. The van der Waals surface area contributed by atoms with Gasteiger partial charge in [-0.25, -0.2) is 0 Å². The molecule has 0 heterocycles. The third-order valence-corrected chi connectivity index (χ3v) is 2.75. The average Bonchev–Trinajstić information content (AvgIpc) is 2.28. The maximum Gasteiger partial charge on any atom is 0.318 e. The summed E-state index contributed by atoms with van der Waals surface area (Å²) < 4.78 is 9.42. The molecule has 0 spiro atoms. The number of carbonyl (C=O) groups excluding carboxylic acids is 4. The van der Waals surface area contributed by atoms with Crippen molar-refractivity contribution in [3.8, 4) is 0 Å². The predicted molar refractivity (Wildman–Crippen MR) is 67.8 cm³/mol. The molecule has 2 unspecified atom stereocenters. The Kier molecular flexibility index (Phi) is 7.27. The van der Waals surface area contributed by atoms with E-state index in [0.29, 0.717) is 0 Å². The monoisotopic (exact) mass is 288 g/mol. The predicted octanol–water partition coefficient (Wildman–Crippen LogP) is -1.05. The summed E-state index contributed by atoms with van der Waals surface area (Å²) in [6.45, 7) is 4.53. The highest BCUT2D eigenvalue weighted by Crippen LogP contribution is 2.23. The Morgan fingerprint density at radius 2 is 1.15 bits per heavy atom. The van der Waals surface area contributed by atoms with Gasteiger partial charge in [-0.1, -0.05) is 6.92 Å². The van der Waals surface area contributed by atoms with Gasteiger partial charge in [0.15, 0.2) is 0 Å². The smallest absolute Gasteiger partial charge is 0.318 e. The molecule has 0 radical (unpaired) electrons. The minimum atomic E-state index is -1.45. The van der Waals surface area contributed by atoms with Gasteiger partial charge in [-0.05, 0) is 13.8 Å². The SMILES string of the molecule is CCOC(=O)C(C(N)=O)C(C)C(C(N)=O)C(=O)OCC. The molecule has 114 valence electrons.